The molecule has 2 aromatic carbocycles. The zero-order valence-electron chi connectivity index (χ0n) is 21.2. The van der Waals surface area contributed by atoms with Crippen LogP contribution < -0.4 is 4.74 Å². The van der Waals surface area contributed by atoms with E-state index < -0.39 is 46.8 Å². The van der Waals surface area contributed by atoms with Crippen molar-refractivity contribution in [2.45, 2.75) is 25.5 Å². The first-order valence-electron chi connectivity index (χ1n) is 11.7. The van der Waals surface area contributed by atoms with Gasteiger partial charge in [0.05, 0.1) is 32.4 Å². The third-order valence-corrected chi connectivity index (χ3v) is 6.53. The van der Waals surface area contributed by atoms with Crippen LogP contribution in [0.4, 0.5) is 13.2 Å². The highest BCUT2D eigenvalue weighted by molar-refractivity contribution is 8.02. The van der Waals surface area contributed by atoms with Gasteiger partial charge in [-0.15, -0.1) is 11.8 Å². The van der Waals surface area contributed by atoms with E-state index >= 15 is 4.39 Å². The summed E-state index contributed by atoms with van der Waals surface area (Å²) in [6.07, 6.45) is 0.659. The van der Waals surface area contributed by atoms with Crippen LogP contribution in [0.3, 0.4) is 0 Å². The Labute approximate surface area is 226 Å². The normalized spacial score (nSPS) is 11.4. The average Bonchev–Trinajstić information content (AvgIpc) is 2.91. The van der Waals surface area contributed by atoms with E-state index in [4.69, 9.17) is 14.2 Å². The van der Waals surface area contributed by atoms with Crippen molar-refractivity contribution in [2.75, 3.05) is 20.3 Å². The molecule has 39 heavy (non-hydrogen) atoms. The third-order valence-electron chi connectivity index (χ3n) is 5.30. The number of halogens is 3. The number of carbonyl (C=O) groups is 2. The molecule has 0 fully saturated rings. The van der Waals surface area contributed by atoms with Crippen LogP contribution in [0.25, 0.3) is 0 Å². The van der Waals surface area contributed by atoms with Crippen LogP contribution in [0, 0.1) is 17.5 Å². The molecule has 3 rings (SSSR count). The lowest BCUT2D eigenvalue weighted by Crippen LogP contribution is -2.23. The van der Waals surface area contributed by atoms with Crippen LogP contribution in [0.15, 0.2) is 59.1 Å². The molecule has 0 aliphatic heterocycles. The van der Waals surface area contributed by atoms with E-state index in [0.717, 1.165) is 29.5 Å². The van der Waals surface area contributed by atoms with Gasteiger partial charge in [-0.25, -0.2) is 23.4 Å². The molecular formula is C27H25F3N2O6S. The van der Waals surface area contributed by atoms with Crippen LogP contribution in [-0.4, -0.2) is 47.3 Å². The molecule has 0 aliphatic rings. The number of thioether (sulfide) groups is 1. The fourth-order valence-corrected chi connectivity index (χ4v) is 4.74. The summed E-state index contributed by atoms with van der Waals surface area (Å²) in [6.45, 7) is 2.87. The number of aromatic nitrogens is 2. The van der Waals surface area contributed by atoms with Crippen LogP contribution in [0.5, 0.6) is 11.6 Å². The Morgan fingerprint density at radius 2 is 1.62 bits per heavy atom. The Hall–Kier alpha value is -4.06. The summed E-state index contributed by atoms with van der Waals surface area (Å²) in [5, 5.41) is 9.98. The zero-order valence-corrected chi connectivity index (χ0v) is 22.1. The number of nitrogens with zero attached hydrogens (tertiary/aromatic N) is 2. The summed E-state index contributed by atoms with van der Waals surface area (Å²) >= 11 is 0.947. The summed E-state index contributed by atoms with van der Waals surface area (Å²) < 4.78 is 58.3. The second kappa shape index (κ2) is 13.7. The summed E-state index contributed by atoms with van der Waals surface area (Å²) in [6, 6.07) is 9.54. The van der Waals surface area contributed by atoms with Gasteiger partial charge in [-0.05, 0) is 37.6 Å². The lowest BCUT2D eigenvalue weighted by molar-refractivity contribution is -0.146. The topological polar surface area (TPSA) is 108 Å². The minimum absolute atomic E-state index is 0.0957. The molecular weight excluding hydrogens is 537 g/mol. The lowest BCUT2D eigenvalue weighted by Gasteiger charge is -2.23. The van der Waals surface area contributed by atoms with Crippen LogP contribution in [0.2, 0.25) is 0 Å². The van der Waals surface area contributed by atoms with Crippen molar-refractivity contribution in [3.05, 3.63) is 93.5 Å². The summed E-state index contributed by atoms with van der Waals surface area (Å²) in [7, 11) is 1.51. The molecule has 1 atom stereocenters. The number of hydrogen-bond donors (Lipinski definition) is 1. The highest BCUT2D eigenvalue weighted by atomic mass is 32.2. The average molecular weight is 563 g/mol. The first kappa shape index (κ1) is 29.5. The number of allylic oxidation sites excluding steroid dienone is 1. The number of carbonyl (C=O) groups excluding carboxylic acids is 2. The number of methoxy groups -OCH3 is 1. The van der Waals surface area contributed by atoms with Gasteiger partial charge in [-0.1, -0.05) is 18.2 Å². The Bertz CT molecular complexity index is 1350. The first-order chi connectivity index (χ1) is 18.7. The largest absolute Gasteiger partial charge is 0.497 e. The Morgan fingerprint density at radius 3 is 2.15 bits per heavy atom. The van der Waals surface area contributed by atoms with E-state index in [9.17, 15) is 23.5 Å². The first-order valence-corrected chi connectivity index (χ1v) is 12.7. The fourth-order valence-electron chi connectivity index (χ4n) is 3.52. The molecule has 0 saturated heterocycles. The van der Waals surface area contributed by atoms with Gasteiger partial charge in [0, 0.05) is 22.3 Å². The molecule has 1 heterocycles. The van der Waals surface area contributed by atoms with Gasteiger partial charge in [-0.3, -0.25) is 0 Å². The van der Waals surface area contributed by atoms with E-state index in [2.05, 4.69) is 9.97 Å². The number of esters is 2. The Kier molecular flexibility index (Phi) is 10.3. The summed E-state index contributed by atoms with van der Waals surface area (Å²) in [5.74, 6) is -7.34. The molecule has 0 spiro atoms. The van der Waals surface area contributed by atoms with Gasteiger partial charge in [0.1, 0.15) is 23.2 Å². The lowest BCUT2D eigenvalue weighted by atomic mass is 9.94. The monoisotopic (exact) mass is 562 g/mol. The van der Waals surface area contributed by atoms with Crippen LogP contribution in [-0.2, 0) is 24.8 Å². The minimum Gasteiger partial charge on any atom is -0.497 e. The van der Waals surface area contributed by atoms with Crippen LogP contribution >= 0.6 is 11.8 Å². The second-order valence-electron chi connectivity index (χ2n) is 7.82. The van der Waals surface area contributed by atoms with E-state index in [1.165, 1.54) is 21.0 Å². The highest BCUT2D eigenvalue weighted by Gasteiger charge is 2.35. The highest BCUT2D eigenvalue weighted by Crippen LogP contribution is 2.42. The molecule has 12 heteroatoms. The van der Waals surface area contributed by atoms with Gasteiger partial charge in [0.15, 0.2) is 5.57 Å². The Balaban J connectivity index is 2.31. The maximum absolute atomic E-state index is 15.2. The molecule has 0 radical (unpaired) electrons. The molecule has 1 N–H and O–H groups in total. The smallest absolute Gasteiger partial charge is 0.346 e. The van der Waals surface area contributed by atoms with Gasteiger partial charge in [0.2, 0.25) is 5.82 Å². The number of rotatable bonds is 11. The molecule has 0 amide bonds. The molecule has 0 bridgehead atoms. The molecule has 0 saturated carbocycles. The summed E-state index contributed by atoms with van der Waals surface area (Å²) in [4.78, 5) is 33.7. The van der Waals surface area contributed by atoms with Gasteiger partial charge in [0.25, 0.3) is 5.88 Å². The van der Waals surface area contributed by atoms with Crippen molar-refractivity contribution >= 4 is 23.7 Å². The number of hydrogen-bond acceptors (Lipinski definition) is 9. The maximum Gasteiger partial charge on any atom is 0.346 e. The van der Waals surface area contributed by atoms with E-state index in [1.54, 1.807) is 24.3 Å². The molecule has 1 aromatic heterocycles. The SMILES string of the molecule is CCOC(=O)C(C(=O)OCC)=C(SCc1ccc(OC)cc1)C(c1ncc(F)c(O)n1)c1ccc(F)cc1F. The van der Waals surface area contributed by atoms with Gasteiger partial charge in [-0.2, -0.15) is 9.37 Å². The maximum atomic E-state index is 15.2. The molecule has 1 unspecified atom stereocenters. The molecule has 206 valence electrons. The molecule has 3 aromatic rings. The predicted molar refractivity (Wildman–Crippen MR) is 136 cm³/mol. The third kappa shape index (κ3) is 7.29. The predicted octanol–water partition coefficient (Wildman–Crippen LogP) is 5.05. The quantitative estimate of drug-likeness (QED) is 0.149. The van der Waals surface area contributed by atoms with Gasteiger partial charge >= 0.3 is 11.9 Å². The molecule has 8 nitrogen and oxygen atoms in total. The minimum atomic E-state index is -1.47. The van der Waals surface area contributed by atoms with E-state index in [-0.39, 0.29) is 35.3 Å². The fraction of sp³-hybridized carbons (Fsp3) is 0.259. The van der Waals surface area contributed by atoms with Crippen molar-refractivity contribution in [3.63, 3.8) is 0 Å². The van der Waals surface area contributed by atoms with Crippen molar-refractivity contribution in [2.24, 2.45) is 0 Å². The van der Waals surface area contributed by atoms with E-state index in [0.29, 0.717) is 18.0 Å². The standard InChI is InChI=1S/C27H25F3N2O6S/c1-4-37-26(34)22(27(35)38-5-2)23(39-14-15-6-9-17(36-3)10-7-15)21(18-11-8-16(28)12-19(18)29)24-31-13-20(30)25(33)32-24/h6-13,21H,4-5,14H2,1-3H3,(H,31,32,33). The van der Waals surface area contributed by atoms with Crippen molar-refractivity contribution < 1.29 is 42.1 Å². The number of aromatic hydroxyl groups is 1. The van der Waals surface area contributed by atoms with Crippen molar-refractivity contribution in [1.82, 2.24) is 9.97 Å². The number of ether oxygens (including phenoxy) is 3. The second-order valence-corrected chi connectivity index (χ2v) is 8.83. The van der Waals surface area contributed by atoms with Crippen molar-refractivity contribution in [3.8, 4) is 11.6 Å². The zero-order chi connectivity index (χ0) is 28.5. The summed E-state index contributed by atoms with van der Waals surface area (Å²) in [5.41, 5.74) is -0.0874. The van der Waals surface area contributed by atoms with E-state index in [1.807, 2.05) is 0 Å². The van der Waals surface area contributed by atoms with Gasteiger partial charge < -0.3 is 19.3 Å². The Morgan fingerprint density at radius 1 is 0.974 bits per heavy atom. The molecule has 0 aliphatic carbocycles. The number of benzene rings is 2. The van der Waals surface area contributed by atoms with Crippen LogP contribution in [0.1, 0.15) is 36.7 Å². The van der Waals surface area contributed by atoms with Crippen molar-refractivity contribution in [1.29, 1.82) is 0 Å².